The van der Waals surface area contributed by atoms with Crippen LogP contribution in [-0.4, -0.2) is 43.1 Å². The van der Waals surface area contributed by atoms with Crippen LogP contribution in [0, 0.1) is 0 Å². The first-order valence-corrected chi connectivity index (χ1v) is 10.9. The van der Waals surface area contributed by atoms with Gasteiger partial charge < -0.3 is 5.32 Å². The number of pyridine rings is 1. The first kappa shape index (κ1) is 21.3. The number of aromatic nitrogens is 5. The van der Waals surface area contributed by atoms with Gasteiger partial charge in [0.2, 0.25) is 5.91 Å². The van der Waals surface area contributed by atoms with Gasteiger partial charge in [0.25, 0.3) is 5.91 Å². The normalized spacial score (nSPS) is 10.7. The van der Waals surface area contributed by atoms with Crippen LogP contribution in [0.15, 0.2) is 60.6 Å². The van der Waals surface area contributed by atoms with E-state index < -0.39 is 0 Å². The summed E-state index contributed by atoms with van der Waals surface area (Å²) in [6.07, 6.45) is 6.23. The summed E-state index contributed by atoms with van der Waals surface area (Å²) in [4.78, 5) is 36.1. The Bertz CT molecular complexity index is 1190. The molecule has 2 amide bonds. The average Bonchev–Trinajstić information content (AvgIpc) is 3.50. The molecule has 1 aromatic carbocycles. The summed E-state index contributed by atoms with van der Waals surface area (Å²) in [5.74, 6) is 0.291. The molecule has 0 aliphatic carbocycles. The minimum atomic E-state index is -0.280. The van der Waals surface area contributed by atoms with Crippen molar-refractivity contribution in [2.45, 2.75) is 19.8 Å². The minimum absolute atomic E-state index is 0.00756. The predicted octanol–water partition coefficient (Wildman–Crippen LogP) is 3.11. The average molecular weight is 448 g/mol. The third kappa shape index (κ3) is 5.41. The van der Waals surface area contributed by atoms with Gasteiger partial charge in [0, 0.05) is 30.6 Å². The first-order valence-electron chi connectivity index (χ1n) is 10.0. The molecular weight excluding hydrogens is 426 g/mol. The molecule has 4 rings (SSSR count). The Balaban J connectivity index is 1.34. The monoisotopic (exact) mass is 447 g/mol. The van der Waals surface area contributed by atoms with Crippen LogP contribution in [-0.2, 0) is 11.2 Å². The van der Waals surface area contributed by atoms with Crippen LogP contribution < -0.4 is 10.6 Å². The molecule has 3 heterocycles. The lowest BCUT2D eigenvalue weighted by atomic mass is 10.1. The Kier molecular flexibility index (Phi) is 6.61. The molecule has 0 unspecified atom stereocenters. The van der Waals surface area contributed by atoms with E-state index in [1.807, 2.05) is 17.5 Å². The van der Waals surface area contributed by atoms with Crippen molar-refractivity contribution in [3.05, 3.63) is 71.8 Å². The molecule has 10 heteroatoms. The van der Waals surface area contributed by atoms with Gasteiger partial charge in [0.1, 0.15) is 12.7 Å². The minimum Gasteiger partial charge on any atom is -0.356 e. The number of nitrogens with one attached hydrogen (secondary N) is 2. The molecule has 0 aliphatic rings. The molecule has 9 nitrogen and oxygen atoms in total. The van der Waals surface area contributed by atoms with Crippen LogP contribution in [0.4, 0.5) is 5.13 Å². The fraction of sp³-hybridized carbons (Fsp3) is 0.182. The molecule has 162 valence electrons. The highest BCUT2D eigenvalue weighted by molar-refractivity contribution is 7.14. The van der Waals surface area contributed by atoms with Crippen molar-refractivity contribution in [3.63, 3.8) is 0 Å². The van der Waals surface area contributed by atoms with Crippen LogP contribution in [0.3, 0.4) is 0 Å². The van der Waals surface area contributed by atoms with Gasteiger partial charge in [0.15, 0.2) is 10.9 Å². The molecule has 0 radical (unpaired) electrons. The lowest BCUT2D eigenvalue weighted by Crippen LogP contribution is -2.21. The Morgan fingerprint density at radius 3 is 2.66 bits per heavy atom. The van der Waals surface area contributed by atoms with E-state index in [9.17, 15) is 9.59 Å². The first-order chi connectivity index (χ1) is 15.6. The fourth-order valence-electron chi connectivity index (χ4n) is 3.01. The summed E-state index contributed by atoms with van der Waals surface area (Å²) in [6.45, 7) is 2.19. The van der Waals surface area contributed by atoms with Gasteiger partial charge in [-0.3, -0.25) is 14.9 Å². The van der Waals surface area contributed by atoms with E-state index >= 15 is 0 Å². The van der Waals surface area contributed by atoms with Gasteiger partial charge in [-0.2, -0.15) is 5.10 Å². The Morgan fingerprint density at radius 1 is 1.12 bits per heavy atom. The topological polar surface area (TPSA) is 115 Å². The summed E-state index contributed by atoms with van der Waals surface area (Å²) in [5, 5.41) is 12.1. The second-order valence-corrected chi connectivity index (χ2v) is 7.88. The van der Waals surface area contributed by atoms with E-state index in [4.69, 9.17) is 0 Å². The number of benzene rings is 1. The second-order valence-electron chi connectivity index (χ2n) is 7.02. The van der Waals surface area contributed by atoms with Crippen LogP contribution in [0.1, 0.15) is 29.3 Å². The number of nitrogens with zero attached hydrogens (tertiary/aromatic N) is 5. The van der Waals surface area contributed by atoms with Crippen molar-refractivity contribution < 1.29 is 9.59 Å². The highest BCUT2D eigenvalue weighted by atomic mass is 32.1. The molecule has 0 atom stereocenters. The summed E-state index contributed by atoms with van der Waals surface area (Å²) in [5.41, 5.74) is 3.40. The van der Waals surface area contributed by atoms with Crippen molar-refractivity contribution in [2.24, 2.45) is 0 Å². The Morgan fingerprint density at radius 2 is 1.97 bits per heavy atom. The molecule has 0 aliphatic heterocycles. The maximum absolute atomic E-state index is 12.5. The number of amides is 2. The van der Waals surface area contributed by atoms with E-state index in [2.05, 4.69) is 42.8 Å². The number of carbonyl (C=O) groups is 2. The van der Waals surface area contributed by atoms with Crippen molar-refractivity contribution in [2.75, 3.05) is 11.9 Å². The molecule has 32 heavy (non-hydrogen) atoms. The summed E-state index contributed by atoms with van der Waals surface area (Å²) >= 11 is 1.37. The van der Waals surface area contributed by atoms with Gasteiger partial charge in [-0.1, -0.05) is 24.3 Å². The molecule has 0 fully saturated rings. The number of rotatable bonds is 8. The summed E-state index contributed by atoms with van der Waals surface area (Å²) in [7, 11) is 0. The van der Waals surface area contributed by atoms with Gasteiger partial charge in [-0.15, -0.1) is 11.3 Å². The lowest BCUT2D eigenvalue weighted by Gasteiger charge is -2.04. The van der Waals surface area contributed by atoms with Crippen molar-refractivity contribution in [1.82, 2.24) is 30.0 Å². The molecular formula is C22H21N7O2S. The molecule has 0 saturated carbocycles. The van der Waals surface area contributed by atoms with E-state index in [0.717, 1.165) is 24.1 Å². The van der Waals surface area contributed by atoms with Crippen LogP contribution in [0.5, 0.6) is 0 Å². The van der Waals surface area contributed by atoms with Crippen LogP contribution >= 0.6 is 11.3 Å². The van der Waals surface area contributed by atoms with Crippen molar-refractivity contribution in [3.8, 4) is 17.1 Å². The number of hydrogen-bond acceptors (Lipinski definition) is 7. The van der Waals surface area contributed by atoms with E-state index in [1.54, 1.807) is 12.1 Å². The number of anilines is 1. The lowest BCUT2D eigenvalue weighted by molar-refractivity contribution is -0.118. The third-order valence-corrected chi connectivity index (χ3v) is 5.41. The quantitative estimate of drug-likeness (QED) is 0.401. The van der Waals surface area contributed by atoms with Gasteiger partial charge in [-0.05, 0) is 30.5 Å². The number of aryl methyl sites for hydroxylation is 1. The number of carbonyl (C=O) groups excluding carboxylic acids is 2. The molecule has 0 bridgehead atoms. The van der Waals surface area contributed by atoms with E-state index in [1.165, 1.54) is 47.4 Å². The van der Waals surface area contributed by atoms with Crippen LogP contribution in [0.2, 0.25) is 0 Å². The standard InChI is InChI=1S/C22H21N7O2S/c1-15(30)24-10-2-3-16-4-6-17(7-5-16)19-12-32-22(27-19)28-21(31)18-8-9-20(25-11-18)29-14-23-13-26-29/h4-9,11-14H,2-3,10H2,1H3,(H,24,30)(H,27,28,31). The van der Waals surface area contributed by atoms with Gasteiger partial charge in [0.05, 0.1) is 11.3 Å². The molecule has 4 aromatic rings. The SMILES string of the molecule is CC(=O)NCCCc1ccc(-c2csc(NC(=O)c3ccc(-n4cncn4)nc3)n2)cc1. The van der Waals surface area contributed by atoms with Crippen molar-refractivity contribution >= 4 is 28.3 Å². The third-order valence-electron chi connectivity index (χ3n) is 4.65. The molecule has 3 aromatic heterocycles. The second kappa shape index (κ2) is 9.92. The Hall–Kier alpha value is -3.92. The smallest absolute Gasteiger partial charge is 0.259 e. The van der Waals surface area contributed by atoms with E-state index in [-0.39, 0.29) is 11.8 Å². The zero-order chi connectivity index (χ0) is 22.3. The number of hydrogen-bond donors (Lipinski definition) is 2. The fourth-order valence-corrected chi connectivity index (χ4v) is 3.73. The molecule has 2 N–H and O–H groups in total. The highest BCUT2D eigenvalue weighted by Crippen LogP contribution is 2.25. The predicted molar refractivity (Wildman–Crippen MR) is 122 cm³/mol. The maximum Gasteiger partial charge on any atom is 0.259 e. The molecule has 0 spiro atoms. The van der Waals surface area contributed by atoms with Crippen molar-refractivity contribution in [1.29, 1.82) is 0 Å². The maximum atomic E-state index is 12.5. The highest BCUT2D eigenvalue weighted by Gasteiger charge is 2.11. The zero-order valence-electron chi connectivity index (χ0n) is 17.4. The summed E-state index contributed by atoms with van der Waals surface area (Å²) < 4.78 is 1.52. The molecule has 0 saturated heterocycles. The number of thiazole rings is 1. The van der Waals surface area contributed by atoms with Gasteiger partial charge >= 0.3 is 0 Å². The Labute approximate surface area is 188 Å². The largest absolute Gasteiger partial charge is 0.356 e. The van der Waals surface area contributed by atoms with Gasteiger partial charge in [-0.25, -0.2) is 19.6 Å². The summed E-state index contributed by atoms with van der Waals surface area (Å²) in [6, 6.07) is 11.5. The van der Waals surface area contributed by atoms with E-state index in [0.29, 0.717) is 23.1 Å². The zero-order valence-corrected chi connectivity index (χ0v) is 18.2. The van der Waals surface area contributed by atoms with Crippen LogP contribution in [0.25, 0.3) is 17.1 Å².